The number of hydrogen-bond donors (Lipinski definition) is 1. The minimum Gasteiger partial charge on any atom is -0.322 e. The van der Waals surface area contributed by atoms with Crippen molar-refractivity contribution >= 4 is 23.4 Å². The Bertz CT molecular complexity index is 1040. The number of anilines is 1. The highest BCUT2D eigenvalue weighted by Gasteiger charge is 2.07. The summed E-state index contributed by atoms with van der Waals surface area (Å²) < 4.78 is 0. The van der Waals surface area contributed by atoms with E-state index in [4.69, 9.17) is 0 Å². The van der Waals surface area contributed by atoms with Gasteiger partial charge in [0.15, 0.2) is 0 Å². The Morgan fingerprint density at radius 3 is 1.75 bits per heavy atom. The standard InChI is InChI=1S/C25H19NOS/c27-25(21-13-11-20(12-14-21)19-7-3-1-4-8-19)26-22-15-17-24(18-16-22)28-23-9-5-2-6-10-23/h1-18H,(H,26,27). The summed E-state index contributed by atoms with van der Waals surface area (Å²) in [5.74, 6) is -0.108. The molecule has 0 aliphatic carbocycles. The van der Waals surface area contributed by atoms with E-state index in [1.165, 1.54) is 4.90 Å². The molecule has 0 saturated heterocycles. The lowest BCUT2D eigenvalue weighted by atomic mass is 10.0. The molecule has 136 valence electrons. The molecule has 0 heterocycles. The fourth-order valence-electron chi connectivity index (χ4n) is 2.88. The maximum atomic E-state index is 12.5. The van der Waals surface area contributed by atoms with Crippen molar-refractivity contribution in [1.82, 2.24) is 0 Å². The third-order valence-corrected chi connectivity index (χ3v) is 5.36. The van der Waals surface area contributed by atoms with Gasteiger partial charge in [-0.15, -0.1) is 0 Å². The summed E-state index contributed by atoms with van der Waals surface area (Å²) in [6.07, 6.45) is 0. The maximum Gasteiger partial charge on any atom is 0.255 e. The molecule has 28 heavy (non-hydrogen) atoms. The van der Waals surface area contributed by atoms with Gasteiger partial charge < -0.3 is 5.32 Å². The molecule has 1 amide bonds. The van der Waals surface area contributed by atoms with E-state index >= 15 is 0 Å². The number of carbonyl (C=O) groups is 1. The van der Waals surface area contributed by atoms with Gasteiger partial charge >= 0.3 is 0 Å². The normalized spacial score (nSPS) is 10.4. The first kappa shape index (κ1) is 18.1. The van der Waals surface area contributed by atoms with Crippen molar-refractivity contribution in [1.29, 1.82) is 0 Å². The van der Waals surface area contributed by atoms with Gasteiger partial charge in [-0.05, 0) is 59.7 Å². The molecule has 0 fully saturated rings. The van der Waals surface area contributed by atoms with Crippen LogP contribution in [0.15, 0.2) is 119 Å². The minimum atomic E-state index is -0.108. The summed E-state index contributed by atoms with van der Waals surface area (Å²) in [6, 6.07) is 35.9. The average Bonchev–Trinajstić information content (AvgIpc) is 2.76. The average molecular weight is 382 g/mol. The first-order valence-electron chi connectivity index (χ1n) is 9.08. The van der Waals surface area contributed by atoms with E-state index in [2.05, 4.69) is 29.6 Å². The molecule has 1 N–H and O–H groups in total. The first-order valence-corrected chi connectivity index (χ1v) is 9.89. The highest BCUT2D eigenvalue weighted by Crippen LogP contribution is 2.28. The number of amides is 1. The Morgan fingerprint density at radius 2 is 1.11 bits per heavy atom. The van der Waals surface area contributed by atoms with Crippen molar-refractivity contribution in [3.63, 3.8) is 0 Å². The van der Waals surface area contributed by atoms with E-state index in [0.717, 1.165) is 21.7 Å². The number of rotatable bonds is 5. The molecule has 4 rings (SSSR count). The Hall–Kier alpha value is -3.30. The van der Waals surface area contributed by atoms with E-state index in [9.17, 15) is 4.79 Å². The molecule has 2 nitrogen and oxygen atoms in total. The summed E-state index contributed by atoms with van der Waals surface area (Å²) in [5, 5.41) is 2.96. The van der Waals surface area contributed by atoms with Crippen molar-refractivity contribution in [3.8, 4) is 11.1 Å². The van der Waals surface area contributed by atoms with Gasteiger partial charge in [-0.2, -0.15) is 0 Å². The summed E-state index contributed by atoms with van der Waals surface area (Å²) in [7, 11) is 0. The van der Waals surface area contributed by atoms with E-state index in [1.807, 2.05) is 84.9 Å². The summed E-state index contributed by atoms with van der Waals surface area (Å²) in [6.45, 7) is 0. The second kappa shape index (κ2) is 8.59. The Morgan fingerprint density at radius 1 is 0.571 bits per heavy atom. The zero-order valence-electron chi connectivity index (χ0n) is 15.2. The molecule has 0 aliphatic rings. The van der Waals surface area contributed by atoms with Crippen molar-refractivity contribution in [2.45, 2.75) is 9.79 Å². The summed E-state index contributed by atoms with van der Waals surface area (Å²) >= 11 is 1.70. The van der Waals surface area contributed by atoms with Gasteiger partial charge in [0.2, 0.25) is 0 Å². The highest BCUT2D eigenvalue weighted by atomic mass is 32.2. The minimum absolute atomic E-state index is 0.108. The molecule has 3 heteroatoms. The Balaban J connectivity index is 1.40. The van der Waals surface area contributed by atoms with E-state index < -0.39 is 0 Å². The molecule has 0 aromatic heterocycles. The third-order valence-electron chi connectivity index (χ3n) is 4.35. The SMILES string of the molecule is O=C(Nc1ccc(Sc2ccccc2)cc1)c1ccc(-c2ccccc2)cc1. The van der Waals surface area contributed by atoms with Crippen LogP contribution in [0.25, 0.3) is 11.1 Å². The van der Waals surface area contributed by atoms with Crippen molar-refractivity contribution in [3.05, 3.63) is 115 Å². The fraction of sp³-hybridized carbons (Fsp3) is 0. The van der Waals surface area contributed by atoms with Crippen LogP contribution in [0.3, 0.4) is 0 Å². The van der Waals surface area contributed by atoms with Crippen LogP contribution in [0.5, 0.6) is 0 Å². The molecular formula is C25H19NOS. The number of hydrogen-bond acceptors (Lipinski definition) is 2. The smallest absolute Gasteiger partial charge is 0.255 e. The molecule has 4 aromatic rings. The van der Waals surface area contributed by atoms with Crippen LogP contribution in [0.4, 0.5) is 5.69 Å². The predicted molar refractivity (Wildman–Crippen MR) is 117 cm³/mol. The highest BCUT2D eigenvalue weighted by molar-refractivity contribution is 7.99. The molecule has 0 saturated carbocycles. The number of nitrogens with one attached hydrogen (secondary N) is 1. The lowest BCUT2D eigenvalue weighted by Crippen LogP contribution is -2.11. The van der Waals surface area contributed by atoms with Crippen LogP contribution in [0.1, 0.15) is 10.4 Å². The Labute approximate surface area is 169 Å². The van der Waals surface area contributed by atoms with E-state index in [-0.39, 0.29) is 5.91 Å². The lowest BCUT2D eigenvalue weighted by Gasteiger charge is -2.08. The van der Waals surface area contributed by atoms with Crippen molar-refractivity contribution in [2.24, 2.45) is 0 Å². The van der Waals surface area contributed by atoms with Crippen LogP contribution in [0, 0.1) is 0 Å². The zero-order valence-corrected chi connectivity index (χ0v) is 16.0. The van der Waals surface area contributed by atoms with Crippen molar-refractivity contribution in [2.75, 3.05) is 5.32 Å². The molecule has 0 unspecified atom stereocenters. The van der Waals surface area contributed by atoms with Crippen molar-refractivity contribution < 1.29 is 4.79 Å². The van der Waals surface area contributed by atoms with Gasteiger partial charge in [-0.1, -0.05) is 72.4 Å². The quantitative estimate of drug-likeness (QED) is 0.414. The summed E-state index contributed by atoms with van der Waals surface area (Å²) in [5.41, 5.74) is 3.66. The second-order valence-electron chi connectivity index (χ2n) is 6.34. The van der Waals surface area contributed by atoms with Gasteiger partial charge in [0.05, 0.1) is 0 Å². The molecule has 0 aliphatic heterocycles. The maximum absolute atomic E-state index is 12.5. The topological polar surface area (TPSA) is 29.1 Å². The van der Waals surface area contributed by atoms with Crippen LogP contribution >= 0.6 is 11.8 Å². The van der Waals surface area contributed by atoms with Gasteiger partial charge in [-0.25, -0.2) is 0 Å². The predicted octanol–water partition coefficient (Wildman–Crippen LogP) is 6.76. The third kappa shape index (κ3) is 4.51. The van der Waals surface area contributed by atoms with E-state index in [0.29, 0.717) is 5.56 Å². The van der Waals surface area contributed by atoms with Crippen LogP contribution in [-0.4, -0.2) is 5.91 Å². The van der Waals surface area contributed by atoms with Gasteiger partial charge in [0.1, 0.15) is 0 Å². The largest absolute Gasteiger partial charge is 0.322 e. The second-order valence-corrected chi connectivity index (χ2v) is 7.48. The monoisotopic (exact) mass is 381 g/mol. The first-order chi connectivity index (χ1) is 13.8. The van der Waals surface area contributed by atoms with Gasteiger partial charge in [0.25, 0.3) is 5.91 Å². The molecule has 0 spiro atoms. The van der Waals surface area contributed by atoms with Gasteiger partial charge in [0, 0.05) is 21.0 Å². The summed E-state index contributed by atoms with van der Waals surface area (Å²) in [4.78, 5) is 14.8. The number of carbonyl (C=O) groups excluding carboxylic acids is 1. The van der Waals surface area contributed by atoms with Crippen LogP contribution in [-0.2, 0) is 0 Å². The lowest BCUT2D eigenvalue weighted by molar-refractivity contribution is 0.102. The Kier molecular flexibility index (Phi) is 5.55. The van der Waals surface area contributed by atoms with Crippen LogP contribution < -0.4 is 5.32 Å². The number of benzene rings is 4. The van der Waals surface area contributed by atoms with Gasteiger partial charge in [-0.3, -0.25) is 4.79 Å². The molecule has 0 atom stereocenters. The zero-order chi connectivity index (χ0) is 19.2. The molecule has 0 radical (unpaired) electrons. The molecule has 0 bridgehead atoms. The van der Waals surface area contributed by atoms with Crippen LogP contribution in [0.2, 0.25) is 0 Å². The molecular weight excluding hydrogens is 362 g/mol. The molecule has 4 aromatic carbocycles. The fourth-order valence-corrected chi connectivity index (χ4v) is 3.72. The van der Waals surface area contributed by atoms with E-state index in [1.54, 1.807) is 11.8 Å².